The van der Waals surface area contributed by atoms with Crippen LogP contribution in [0.15, 0.2) is 16.5 Å². The van der Waals surface area contributed by atoms with Crippen molar-refractivity contribution in [3.8, 4) is 0 Å². The van der Waals surface area contributed by atoms with E-state index in [9.17, 15) is 0 Å². The van der Waals surface area contributed by atoms with Crippen LogP contribution < -0.4 is 5.73 Å². The summed E-state index contributed by atoms with van der Waals surface area (Å²) in [5.41, 5.74) is 5.97. The summed E-state index contributed by atoms with van der Waals surface area (Å²) in [6.07, 6.45) is 1.56. The van der Waals surface area contributed by atoms with Crippen LogP contribution in [0.1, 0.15) is 37.2 Å². The van der Waals surface area contributed by atoms with Crippen molar-refractivity contribution in [1.29, 1.82) is 0 Å². The van der Waals surface area contributed by atoms with E-state index in [0.29, 0.717) is 6.42 Å². The van der Waals surface area contributed by atoms with Gasteiger partial charge in [0.05, 0.1) is 0 Å². The van der Waals surface area contributed by atoms with Crippen molar-refractivity contribution < 1.29 is 9.52 Å². The molecule has 0 aliphatic rings. The Kier molecular flexibility index (Phi) is 4.17. The molecule has 0 saturated heterocycles. The average Bonchev–Trinajstić information content (AvgIpc) is 2.60. The molecule has 0 aromatic carbocycles. The van der Waals surface area contributed by atoms with Gasteiger partial charge in [-0.1, -0.05) is 6.92 Å². The zero-order valence-electron chi connectivity index (χ0n) is 8.86. The molecule has 2 atom stereocenters. The summed E-state index contributed by atoms with van der Waals surface area (Å²) in [5.74, 6) is 1.93. The lowest BCUT2D eigenvalue weighted by Crippen LogP contribution is -2.28. The summed E-state index contributed by atoms with van der Waals surface area (Å²) in [6.45, 7) is 4.11. The maximum absolute atomic E-state index is 8.95. The first-order valence-corrected chi connectivity index (χ1v) is 5.11. The molecular formula is C11H19NO2. The Hall–Kier alpha value is -0.800. The van der Waals surface area contributed by atoms with Crippen LogP contribution in [0.4, 0.5) is 0 Å². The van der Waals surface area contributed by atoms with E-state index in [1.807, 2.05) is 26.0 Å². The van der Waals surface area contributed by atoms with Crippen LogP contribution in [0.5, 0.6) is 0 Å². The quantitative estimate of drug-likeness (QED) is 0.756. The number of nitrogens with two attached hydrogens (primary N) is 1. The molecular weight excluding hydrogens is 178 g/mol. The second kappa shape index (κ2) is 5.17. The number of aryl methyl sites for hydroxylation is 1. The minimum Gasteiger partial charge on any atom is -0.466 e. The Balaban J connectivity index is 2.76. The molecule has 0 bridgehead atoms. The summed E-state index contributed by atoms with van der Waals surface area (Å²) in [5, 5.41) is 8.95. The molecule has 1 heterocycles. The van der Waals surface area contributed by atoms with Crippen LogP contribution in [0.2, 0.25) is 0 Å². The number of rotatable bonds is 5. The fourth-order valence-electron chi connectivity index (χ4n) is 1.64. The second-order valence-electron chi connectivity index (χ2n) is 3.64. The van der Waals surface area contributed by atoms with Gasteiger partial charge in [0.15, 0.2) is 0 Å². The number of aliphatic hydroxyl groups excluding tert-OH is 1. The minimum absolute atomic E-state index is 0.0627. The molecule has 3 nitrogen and oxygen atoms in total. The normalized spacial score (nSPS) is 15.4. The Morgan fingerprint density at radius 3 is 2.64 bits per heavy atom. The summed E-state index contributed by atoms with van der Waals surface area (Å²) < 4.78 is 5.53. The molecule has 0 fully saturated rings. The van der Waals surface area contributed by atoms with Crippen LogP contribution in [0, 0.1) is 6.92 Å². The highest BCUT2D eigenvalue weighted by Gasteiger charge is 2.20. The van der Waals surface area contributed by atoms with E-state index in [2.05, 4.69) is 0 Å². The standard InChI is InChI=1S/C11H19NO2/c1-3-10(12)9(6-7-13)11-5-4-8(2)14-11/h4-5,9-10,13H,3,6-7,12H2,1-2H3. The third-order valence-electron chi connectivity index (χ3n) is 2.55. The molecule has 14 heavy (non-hydrogen) atoms. The molecule has 1 rings (SSSR count). The van der Waals surface area contributed by atoms with Gasteiger partial charge in [-0.05, 0) is 31.9 Å². The molecule has 0 spiro atoms. The molecule has 0 saturated carbocycles. The van der Waals surface area contributed by atoms with Crippen molar-refractivity contribution in [3.63, 3.8) is 0 Å². The van der Waals surface area contributed by atoms with Crippen LogP contribution >= 0.6 is 0 Å². The molecule has 0 radical (unpaired) electrons. The highest BCUT2D eigenvalue weighted by molar-refractivity contribution is 5.12. The molecule has 1 aromatic heterocycles. The smallest absolute Gasteiger partial charge is 0.108 e. The van der Waals surface area contributed by atoms with E-state index >= 15 is 0 Å². The zero-order valence-corrected chi connectivity index (χ0v) is 8.86. The van der Waals surface area contributed by atoms with Gasteiger partial charge in [0.25, 0.3) is 0 Å². The van der Waals surface area contributed by atoms with Gasteiger partial charge in [0.2, 0.25) is 0 Å². The van der Waals surface area contributed by atoms with Crippen molar-refractivity contribution in [2.75, 3.05) is 6.61 Å². The molecule has 1 aromatic rings. The van der Waals surface area contributed by atoms with E-state index in [4.69, 9.17) is 15.3 Å². The highest BCUT2D eigenvalue weighted by Crippen LogP contribution is 2.25. The van der Waals surface area contributed by atoms with Crippen LogP contribution in [-0.4, -0.2) is 17.8 Å². The molecule has 80 valence electrons. The minimum atomic E-state index is 0.0627. The molecule has 0 aliphatic carbocycles. The highest BCUT2D eigenvalue weighted by atomic mass is 16.3. The van der Waals surface area contributed by atoms with Crippen molar-refractivity contribution >= 4 is 0 Å². The Morgan fingerprint density at radius 2 is 2.21 bits per heavy atom. The Bertz CT molecular complexity index is 270. The summed E-state index contributed by atoms with van der Waals surface area (Å²) >= 11 is 0. The van der Waals surface area contributed by atoms with Crippen molar-refractivity contribution in [1.82, 2.24) is 0 Å². The van der Waals surface area contributed by atoms with Gasteiger partial charge in [-0.2, -0.15) is 0 Å². The molecule has 3 heteroatoms. The van der Waals surface area contributed by atoms with E-state index in [1.54, 1.807) is 0 Å². The van der Waals surface area contributed by atoms with Crippen molar-refractivity contribution in [2.24, 2.45) is 5.73 Å². The number of hydrogen-bond donors (Lipinski definition) is 2. The Morgan fingerprint density at radius 1 is 1.50 bits per heavy atom. The van der Waals surface area contributed by atoms with E-state index in [1.165, 1.54) is 0 Å². The monoisotopic (exact) mass is 197 g/mol. The first kappa shape index (κ1) is 11.3. The maximum Gasteiger partial charge on any atom is 0.108 e. The lowest BCUT2D eigenvalue weighted by atomic mass is 9.93. The van der Waals surface area contributed by atoms with E-state index in [-0.39, 0.29) is 18.6 Å². The van der Waals surface area contributed by atoms with Gasteiger partial charge in [0.1, 0.15) is 11.5 Å². The first-order valence-electron chi connectivity index (χ1n) is 5.11. The summed E-state index contributed by atoms with van der Waals surface area (Å²) in [7, 11) is 0. The molecule has 0 amide bonds. The lowest BCUT2D eigenvalue weighted by molar-refractivity contribution is 0.254. The number of furan rings is 1. The van der Waals surface area contributed by atoms with Crippen molar-refractivity contribution in [2.45, 2.75) is 38.6 Å². The number of aliphatic hydroxyl groups is 1. The van der Waals surface area contributed by atoms with Crippen LogP contribution in [0.3, 0.4) is 0 Å². The van der Waals surface area contributed by atoms with Gasteiger partial charge in [0, 0.05) is 18.6 Å². The van der Waals surface area contributed by atoms with Crippen molar-refractivity contribution in [3.05, 3.63) is 23.7 Å². The van der Waals surface area contributed by atoms with Gasteiger partial charge >= 0.3 is 0 Å². The fourth-order valence-corrected chi connectivity index (χ4v) is 1.64. The number of hydrogen-bond acceptors (Lipinski definition) is 3. The maximum atomic E-state index is 8.95. The van der Waals surface area contributed by atoms with Crippen LogP contribution in [0.25, 0.3) is 0 Å². The zero-order chi connectivity index (χ0) is 10.6. The average molecular weight is 197 g/mol. The largest absolute Gasteiger partial charge is 0.466 e. The SMILES string of the molecule is CCC(N)C(CCO)c1ccc(C)o1. The van der Waals surface area contributed by atoms with Gasteiger partial charge in [-0.3, -0.25) is 0 Å². The molecule has 2 unspecified atom stereocenters. The Labute approximate surface area is 84.9 Å². The van der Waals surface area contributed by atoms with Gasteiger partial charge in [-0.15, -0.1) is 0 Å². The topological polar surface area (TPSA) is 59.4 Å². The molecule has 0 aliphatic heterocycles. The third-order valence-corrected chi connectivity index (χ3v) is 2.55. The summed E-state index contributed by atoms with van der Waals surface area (Å²) in [4.78, 5) is 0. The predicted octanol–water partition coefficient (Wildman–Crippen LogP) is 1.79. The lowest BCUT2D eigenvalue weighted by Gasteiger charge is -2.19. The molecule has 3 N–H and O–H groups in total. The first-order chi connectivity index (χ1) is 6.69. The van der Waals surface area contributed by atoms with Crippen LogP contribution in [-0.2, 0) is 0 Å². The predicted molar refractivity (Wildman–Crippen MR) is 56.2 cm³/mol. The van der Waals surface area contributed by atoms with Gasteiger partial charge in [-0.25, -0.2) is 0 Å². The third kappa shape index (κ3) is 2.59. The second-order valence-corrected chi connectivity index (χ2v) is 3.64. The van der Waals surface area contributed by atoms with E-state index < -0.39 is 0 Å². The fraction of sp³-hybridized carbons (Fsp3) is 0.636. The van der Waals surface area contributed by atoms with E-state index in [0.717, 1.165) is 17.9 Å². The van der Waals surface area contributed by atoms with Gasteiger partial charge < -0.3 is 15.3 Å². The summed E-state index contributed by atoms with van der Waals surface area (Å²) in [6, 6.07) is 3.94.